The van der Waals surface area contributed by atoms with Crippen molar-refractivity contribution in [3.05, 3.63) is 0 Å². The van der Waals surface area contributed by atoms with E-state index in [-0.39, 0.29) is 6.42 Å². The molecule has 2 saturated carbocycles. The molecule has 3 rings (SSSR count). The zero-order chi connectivity index (χ0) is 21.2. The summed E-state index contributed by atoms with van der Waals surface area (Å²) >= 11 is 0. The van der Waals surface area contributed by atoms with Gasteiger partial charge in [-0.25, -0.2) is 0 Å². The van der Waals surface area contributed by atoms with E-state index >= 15 is 0 Å². The van der Waals surface area contributed by atoms with Crippen LogP contribution in [0.15, 0.2) is 0 Å². The van der Waals surface area contributed by atoms with Gasteiger partial charge in [-0.05, 0) is 12.3 Å². The van der Waals surface area contributed by atoms with Crippen molar-refractivity contribution in [2.45, 2.75) is 56.7 Å². The van der Waals surface area contributed by atoms with Crippen LogP contribution in [0.2, 0.25) is 0 Å². The number of carbonyl (C=O) groups is 3. The SMILES string of the molecule is CC(=O)OC1C2CC3C1OS(=O)(=O)C3C2C(=O)OC(C(C)C)C(F)(F)C(=O)[O-]. The molecule has 12 heteroatoms. The third-order valence-corrected chi connectivity index (χ3v) is 7.38. The van der Waals surface area contributed by atoms with Crippen LogP contribution >= 0.6 is 0 Å². The fourth-order valence-electron chi connectivity index (χ4n) is 4.59. The number of alkyl halides is 2. The monoisotopic (exact) mass is 425 g/mol. The highest BCUT2D eigenvalue weighted by Crippen LogP contribution is 2.58. The second-order valence-electron chi connectivity index (χ2n) is 7.69. The minimum Gasteiger partial charge on any atom is -0.544 e. The van der Waals surface area contributed by atoms with E-state index < -0.39 is 81.2 Å². The number of esters is 2. The topological polar surface area (TPSA) is 136 Å². The first-order valence-electron chi connectivity index (χ1n) is 8.68. The summed E-state index contributed by atoms with van der Waals surface area (Å²) in [5.41, 5.74) is 0. The Morgan fingerprint density at radius 3 is 2.32 bits per heavy atom. The minimum absolute atomic E-state index is 0.176. The van der Waals surface area contributed by atoms with Gasteiger partial charge in [0.15, 0.2) is 6.10 Å². The van der Waals surface area contributed by atoms with Gasteiger partial charge in [-0.15, -0.1) is 0 Å². The molecule has 28 heavy (non-hydrogen) atoms. The molecule has 7 atom stereocenters. The van der Waals surface area contributed by atoms with E-state index in [1.54, 1.807) is 0 Å². The molecule has 0 aromatic rings. The molecule has 0 spiro atoms. The summed E-state index contributed by atoms with van der Waals surface area (Å²) in [5, 5.41) is 9.46. The third kappa shape index (κ3) is 3.06. The van der Waals surface area contributed by atoms with Crippen LogP contribution in [0.3, 0.4) is 0 Å². The van der Waals surface area contributed by atoms with Gasteiger partial charge >= 0.3 is 17.9 Å². The van der Waals surface area contributed by atoms with Gasteiger partial charge < -0.3 is 19.4 Å². The van der Waals surface area contributed by atoms with Crippen LogP contribution in [0.4, 0.5) is 8.78 Å². The Morgan fingerprint density at radius 2 is 1.82 bits per heavy atom. The van der Waals surface area contributed by atoms with Crippen LogP contribution in [0, 0.1) is 23.7 Å². The number of fused-ring (bicyclic) bond motifs is 1. The lowest BCUT2D eigenvalue weighted by atomic mass is 9.84. The van der Waals surface area contributed by atoms with E-state index in [9.17, 15) is 36.7 Å². The van der Waals surface area contributed by atoms with Gasteiger partial charge in [0.05, 0.1) is 5.92 Å². The number of aliphatic carboxylic acids is 1. The van der Waals surface area contributed by atoms with Crippen LogP contribution in [-0.2, 0) is 38.2 Å². The number of carboxylic acid groups (broad SMARTS) is 1. The molecule has 3 fully saturated rings. The summed E-state index contributed by atoms with van der Waals surface area (Å²) < 4.78 is 67.5. The Balaban J connectivity index is 1.90. The molecule has 2 bridgehead atoms. The molecule has 9 nitrogen and oxygen atoms in total. The molecule has 0 N–H and O–H groups in total. The number of carbonyl (C=O) groups excluding carboxylic acids is 3. The molecule has 1 saturated heterocycles. The van der Waals surface area contributed by atoms with E-state index in [1.807, 2.05) is 0 Å². The molecular weight excluding hydrogens is 406 g/mol. The van der Waals surface area contributed by atoms with Gasteiger partial charge in [0.1, 0.15) is 23.4 Å². The third-order valence-electron chi connectivity index (χ3n) is 5.58. The molecule has 0 aromatic heterocycles. The standard InChI is InChI=1S/C16H20F2O9S/c1-5(2)13(16(17,18)15(21)22)26-14(20)9-7-4-8-11(10(7)25-6(3)19)27-28(23,24)12(8)9/h5,7-13H,4H2,1-3H3,(H,21,22)/p-1. The highest BCUT2D eigenvalue weighted by molar-refractivity contribution is 7.87. The Kier molecular flexibility index (Phi) is 4.94. The van der Waals surface area contributed by atoms with Crippen LogP contribution in [-0.4, -0.2) is 55.8 Å². The fraction of sp³-hybridized carbons (Fsp3) is 0.812. The van der Waals surface area contributed by atoms with Gasteiger partial charge in [-0.1, -0.05) is 13.8 Å². The smallest absolute Gasteiger partial charge is 0.323 e. The number of ether oxygens (including phenoxy) is 2. The lowest BCUT2D eigenvalue weighted by Gasteiger charge is -2.34. The summed E-state index contributed by atoms with van der Waals surface area (Å²) in [5.74, 6) is -13.1. The molecule has 2 aliphatic carbocycles. The predicted octanol–water partition coefficient (Wildman–Crippen LogP) is -0.766. The van der Waals surface area contributed by atoms with Gasteiger partial charge in [-0.3, -0.25) is 13.8 Å². The number of rotatable bonds is 6. The van der Waals surface area contributed by atoms with E-state index in [2.05, 4.69) is 0 Å². The summed E-state index contributed by atoms with van der Waals surface area (Å²) in [4.78, 5) is 34.8. The Labute approximate surface area is 159 Å². The van der Waals surface area contributed by atoms with E-state index in [0.29, 0.717) is 0 Å². The van der Waals surface area contributed by atoms with E-state index in [0.717, 1.165) is 6.92 Å². The molecule has 3 aliphatic rings. The lowest BCUT2D eigenvalue weighted by molar-refractivity contribution is -0.337. The van der Waals surface area contributed by atoms with E-state index in [1.165, 1.54) is 13.8 Å². The molecule has 1 aliphatic heterocycles. The molecule has 158 valence electrons. The Hall–Kier alpha value is -1.82. The van der Waals surface area contributed by atoms with Crippen LogP contribution in [0.1, 0.15) is 27.2 Å². The maximum absolute atomic E-state index is 13.9. The van der Waals surface area contributed by atoms with Gasteiger partial charge in [-0.2, -0.15) is 17.2 Å². The number of hydrogen-bond acceptors (Lipinski definition) is 9. The average molecular weight is 425 g/mol. The minimum atomic E-state index is -4.47. The van der Waals surface area contributed by atoms with Crippen molar-refractivity contribution in [2.24, 2.45) is 23.7 Å². The van der Waals surface area contributed by atoms with Crippen molar-refractivity contribution in [2.75, 3.05) is 0 Å². The predicted molar refractivity (Wildman–Crippen MR) is 82.9 cm³/mol. The summed E-state index contributed by atoms with van der Waals surface area (Å²) in [6, 6.07) is 0. The van der Waals surface area contributed by atoms with Crippen LogP contribution in [0.25, 0.3) is 0 Å². The largest absolute Gasteiger partial charge is 0.544 e. The number of carboxylic acids is 1. The van der Waals surface area contributed by atoms with Gasteiger partial charge in [0, 0.05) is 18.8 Å². The first-order chi connectivity index (χ1) is 12.8. The molecule has 0 aromatic carbocycles. The van der Waals surface area contributed by atoms with Gasteiger partial charge in [0.25, 0.3) is 10.1 Å². The molecule has 0 radical (unpaired) electrons. The van der Waals surface area contributed by atoms with Crippen molar-refractivity contribution < 1.29 is 50.3 Å². The zero-order valence-electron chi connectivity index (χ0n) is 15.2. The van der Waals surface area contributed by atoms with Crippen molar-refractivity contribution in [3.8, 4) is 0 Å². The summed E-state index contributed by atoms with van der Waals surface area (Å²) in [6.45, 7) is 3.56. The first-order valence-corrected chi connectivity index (χ1v) is 10.1. The second kappa shape index (κ2) is 6.61. The highest BCUT2D eigenvalue weighted by Gasteiger charge is 2.72. The van der Waals surface area contributed by atoms with E-state index in [4.69, 9.17) is 13.7 Å². The van der Waals surface area contributed by atoms with Crippen molar-refractivity contribution in [1.82, 2.24) is 0 Å². The zero-order valence-corrected chi connectivity index (χ0v) is 16.0. The second-order valence-corrected chi connectivity index (χ2v) is 9.42. The lowest BCUT2D eigenvalue weighted by Crippen LogP contribution is -2.55. The molecule has 0 amide bonds. The molecular formula is C16H19F2O9S-. The number of hydrogen-bond donors (Lipinski definition) is 0. The van der Waals surface area contributed by atoms with Crippen LogP contribution in [0.5, 0.6) is 0 Å². The normalized spacial score (nSPS) is 36.4. The summed E-state index contributed by atoms with van der Waals surface area (Å²) in [7, 11) is -4.21. The highest BCUT2D eigenvalue weighted by atomic mass is 32.2. The average Bonchev–Trinajstić information content (AvgIpc) is 3.13. The van der Waals surface area contributed by atoms with Crippen molar-refractivity contribution in [3.63, 3.8) is 0 Å². The first kappa shape index (κ1) is 20.9. The molecule has 1 heterocycles. The van der Waals surface area contributed by atoms with Crippen molar-refractivity contribution >= 4 is 28.0 Å². The molecule has 7 unspecified atom stereocenters. The number of halogens is 2. The Bertz CT molecular complexity index is 809. The fourth-order valence-corrected chi connectivity index (χ4v) is 6.65. The van der Waals surface area contributed by atoms with Gasteiger partial charge in [0.2, 0.25) is 0 Å². The van der Waals surface area contributed by atoms with Crippen molar-refractivity contribution in [1.29, 1.82) is 0 Å². The quantitative estimate of drug-likeness (QED) is 0.397. The maximum Gasteiger partial charge on any atom is 0.323 e. The summed E-state index contributed by atoms with van der Waals surface area (Å²) in [6.07, 6.45) is -4.14. The van der Waals surface area contributed by atoms with Crippen LogP contribution < -0.4 is 5.11 Å². The Morgan fingerprint density at radius 1 is 1.21 bits per heavy atom. The maximum atomic E-state index is 13.9.